The van der Waals surface area contributed by atoms with Gasteiger partial charge in [0.15, 0.2) is 0 Å². The predicted octanol–water partition coefficient (Wildman–Crippen LogP) is 5.04. The summed E-state index contributed by atoms with van der Waals surface area (Å²) >= 11 is 6.73. The first-order valence-corrected chi connectivity index (χ1v) is 7.49. The number of aryl methyl sites for hydroxylation is 1. The van der Waals surface area contributed by atoms with Gasteiger partial charge in [-0.3, -0.25) is 10.1 Å². The number of hydrogen-bond acceptors (Lipinski definition) is 3. The Morgan fingerprint density at radius 1 is 1.15 bits per heavy atom. The molecular formula is C14H12Br2N2O2. The Labute approximate surface area is 133 Å². The third-order valence-corrected chi connectivity index (χ3v) is 4.21. The maximum absolute atomic E-state index is 10.7. The van der Waals surface area contributed by atoms with Gasteiger partial charge in [-0.2, -0.15) is 0 Å². The molecule has 0 fully saturated rings. The monoisotopic (exact) mass is 398 g/mol. The highest BCUT2D eigenvalue weighted by Crippen LogP contribution is 2.28. The van der Waals surface area contributed by atoms with Crippen molar-refractivity contribution in [2.24, 2.45) is 0 Å². The van der Waals surface area contributed by atoms with E-state index in [9.17, 15) is 10.1 Å². The zero-order valence-corrected chi connectivity index (χ0v) is 13.9. The van der Waals surface area contributed by atoms with Crippen LogP contribution >= 0.6 is 31.9 Å². The fourth-order valence-corrected chi connectivity index (χ4v) is 2.91. The summed E-state index contributed by atoms with van der Waals surface area (Å²) < 4.78 is 1.52. The van der Waals surface area contributed by atoms with Crippen LogP contribution in [0.15, 0.2) is 45.3 Å². The van der Waals surface area contributed by atoms with Gasteiger partial charge in [0.2, 0.25) is 0 Å². The largest absolute Gasteiger partial charge is 0.381 e. The zero-order chi connectivity index (χ0) is 14.7. The van der Waals surface area contributed by atoms with Crippen molar-refractivity contribution in [1.29, 1.82) is 0 Å². The molecule has 0 saturated carbocycles. The maximum Gasteiger partial charge on any atom is 0.283 e. The van der Waals surface area contributed by atoms with Crippen molar-refractivity contribution >= 4 is 43.2 Å². The molecule has 0 amide bonds. The van der Waals surface area contributed by atoms with Crippen LogP contribution in [-0.4, -0.2) is 4.92 Å². The van der Waals surface area contributed by atoms with Crippen LogP contribution in [0.2, 0.25) is 0 Å². The second-order valence-electron chi connectivity index (χ2n) is 4.37. The smallest absolute Gasteiger partial charge is 0.283 e. The summed E-state index contributed by atoms with van der Waals surface area (Å²) in [6.45, 7) is 2.68. The topological polar surface area (TPSA) is 55.2 Å². The fraction of sp³-hybridized carbons (Fsp3) is 0.143. The summed E-state index contributed by atoms with van der Waals surface area (Å²) in [7, 11) is 0. The molecule has 0 aliphatic heterocycles. The minimum absolute atomic E-state index is 0.0621. The molecule has 2 aromatic rings. The van der Waals surface area contributed by atoms with E-state index in [-0.39, 0.29) is 5.69 Å². The lowest BCUT2D eigenvalue weighted by molar-refractivity contribution is -0.385. The lowest BCUT2D eigenvalue weighted by Gasteiger charge is -2.09. The van der Waals surface area contributed by atoms with Crippen LogP contribution in [0.3, 0.4) is 0 Å². The standard InChI is InChI=1S/C14H12Br2N2O2/c1-9-2-3-10(12(15)6-9)8-17-11-4-5-14(18(19)20)13(16)7-11/h2-7,17H,8H2,1H3. The van der Waals surface area contributed by atoms with Gasteiger partial charge in [-0.25, -0.2) is 0 Å². The van der Waals surface area contributed by atoms with Crippen molar-refractivity contribution in [3.63, 3.8) is 0 Å². The first kappa shape index (κ1) is 15.0. The highest BCUT2D eigenvalue weighted by molar-refractivity contribution is 9.10. The summed E-state index contributed by atoms with van der Waals surface area (Å²) in [5.41, 5.74) is 3.21. The van der Waals surface area contributed by atoms with Crippen LogP contribution in [0, 0.1) is 17.0 Å². The van der Waals surface area contributed by atoms with Gasteiger partial charge in [0.05, 0.1) is 9.40 Å². The first-order chi connectivity index (χ1) is 9.47. The van der Waals surface area contributed by atoms with Gasteiger partial charge >= 0.3 is 0 Å². The van der Waals surface area contributed by atoms with Gasteiger partial charge in [-0.05, 0) is 52.2 Å². The van der Waals surface area contributed by atoms with Gasteiger partial charge in [0.1, 0.15) is 0 Å². The SMILES string of the molecule is Cc1ccc(CNc2ccc([N+](=O)[O-])c(Br)c2)c(Br)c1. The summed E-state index contributed by atoms with van der Waals surface area (Å²) in [5.74, 6) is 0. The van der Waals surface area contributed by atoms with E-state index >= 15 is 0 Å². The van der Waals surface area contributed by atoms with Crippen LogP contribution < -0.4 is 5.32 Å². The average Bonchev–Trinajstić information content (AvgIpc) is 2.37. The highest BCUT2D eigenvalue weighted by Gasteiger charge is 2.11. The van der Waals surface area contributed by atoms with Gasteiger partial charge in [0, 0.05) is 22.8 Å². The third kappa shape index (κ3) is 3.58. The van der Waals surface area contributed by atoms with Crippen LogP contribution in [0.4, 0.5) is 11.4 Å². The van der Waals surface area contributed by atoms with Crippen molar-refractivity contribution < 1.29 is 4.92 Å². The fourth-order valence-electron chi connectivity index (χ4n) is 1.76. The van der Waals surface area contributed by atoms with Crippen molar-refractivity contribution in [1.82, 2.24) is 0 Å². The van der Waals surface area contributed by atoms with E-state index < -0.39 is 4.92 Å². The number of anilines is 1. The molecule has 0 spiro atoms. The number of nitro benzene ring substituents is 1. The summed E-state index contributed by atoms with van der Waals surface area (Å²) in [6, 6.07) is 11.0. The molecule has 2 rings (SSSR count). The predicted molar refractivity (Wildman–Crippen MR) is 87.0 cm³/mol. The Kier molecular flexibility index (Phi) is 4.77. The number of nitrogens with one attached hydrogen (secondary N) is 1. The van der Waals surface area contributed by atoms with E-state index in [0.717, 1.165) is 15.7 Å². The van der Waals surface area contributed by atoms with E-state index in [0.29, 0.717) is 11.0 Å². The molecule has 20 heavy (non-hydrogen) atoms. The third-order valence-electron chi connectivity index (χ3n) is 2.84. The quantitative estimate of drug-likeness (QED) is 0.578. The van der Waals surface area contributed by atoms with Crippen molar-refractivity contribution in [2.45, 2.75) is 13.5 Å². The van der Waals surface area contributed by atoms with E-state index in [1.807, 2.05) is 19.1 Å². The Balaban J connectivity index is 2.11. The van der Waals surface area contributed by atoms with Crippen molar-refractivity contribution in [3.05, 3.63) is 66.6 Å². The molecule has 104 valence electrons. The molecule has 0 heterocycles. The first-order valence-electron chi connectivity index (χ1n) is 5.90. The molecule has 0 radical (unpaired) electrons. The number of nitrogens with zero attached hydrogens (tertiary/aromatic N) is 1. The van der Waals surface area contributed by atoms with E-state index in [1.165, 1.54) is 11.6 Å². The lowest BCUT2D eigenvalue weighted by Crippen LogP contribution is -2.01. The van der Waals surface area contributed by atoms with Crippen molar-refractivity contribution in [3.8, 4) is 0 Å². The minimum Gasteiger partial charge on any atom is -0.381 e. The average molecular weight is 400 g/mol. The Hall–Kier alpha value is -1.40. The summed E-state index contributed by atoms with van der Waals surface area (Å²) in [4.78, 5) is 10.3. The van der Waals surface area contributed by atoms with Gasteiger partial charge < -0.3 is 5.32 Å². The zero-order valence-electron chi connectivity index (χ0n) is 10.7. The van der Waals surface area contributed by atoms with Crippen LogP contribution in [0.25, 0.3) is 0 Å². The molecule has 0 atom stereocenters. The highest BCUT2D eigenvalue weighted by atomic mass is 79.9. The lowest BCUT2D eigenvalue weighted by atomic mass is 10.1. The van der Waals surface area contributed by atoms with Crippen molar-refractivity contribution in [2.75, 3.05) is 5.32 Å². The number of benzene rings is 2. The molecule has 0 unspecified atom stereocenters. The molecule has 0 bridgehead atoms. The number of halogens is 2. The molecular weight excluding hydrogens is 388 g/mol. The minimum atomic E-state index is -0.412. The number of rotatable bonds is 4. The number of nitro groups is 1. The molecule has 6 heteroatoms. The second kappa shape index (κ2) is 6.37. The maximum atomic E-state index is 10.7. The molecule has 0 saturated heterocycles. The Bertz CT molecular complexity index is 660. The van der Waals surface area contributed by atoms with Crippen LogP contribution in [0.5, 0.6) is 0 Å². The Morgan fingerprint density at radius 3 is 2.50 bits per heavy atom. The Morgan fingerprint density at radius 2 is 1.90 bits per heavy atom. The van der Waals surface area contributed by atoms with E-state index in [1.54, 1.807) is 12.1 Å². The summed E-state index contributed by atoms with van der Waals surface area (Å²) in [5, 5.41) is 14.0. The molecule has 2 aromatic carbocycles. The normalized spacial score (nSPS) is 10.3. The molecule has 1 N–H and O–H groups in total. The van der Waals surface area contributed by atoms with E-state index in [2.05, 4.69) is 43.2 Å². The summed E-state index contributed by atoms with van der Waals surface area (Å²) in [6.07, 6.45) is 0. The van der Waals surface area contributed by atoms with Crippen LogP contribution in [0.1, 0.15) is 11.1 Å². The van der Waals surface area contributed by atoms with Crippen LogP contribution in [-0.2, 0) is 6.54 Å². The molecule has 4 nitrogen and oxygen atoms in total. The van der Waals surface area contributed by atoms with E-state index in [4.69, 9.17) is 0 Å². The van der Waals surface area contributed by atoms with Gasteiger partial charge in [-0.1, -0.05) is 28.1 Å². The molecule has 0 aromatic heterocycles. The number of hydrogen-bond donors (Lipinski definition) is 1. The van der Waals surface area contributed by atoms with Gasteiger partial charge in [-0.15, -0.1) is 0 Å². The second-order valence-corrected chi connectivity index (χ2v) is 6.08. The van der Waals surface area contributed by atoms with Gasteiger partial charge in [0.25, 0.3) is 5.69 Å². The molecule has 0 aliphatic rings. The molecule has 0 aliphatic carbocycles.